The number of Topliss-reactive ketones (excluding diaryl/α,β-unsaturated/α-hetero) is 1. The second-order valence-electron chi connectivity index (χ2n) is 6.08. The van der Waals surface area contributed by atoms with Crippen molar-refractivity contribution in [1.82, 2.24) is 4.90 Å². The third kappa shape index (κ3) is 3.31. The number of hydrogen-bond acceptors (Lipinski definition) is 5. The van der Waals surface area contributed by atoms with Crippen LogP contribution in [0.1, 0.15) is 21.5 Å². The SMILES string of the molecule is COc1cccc(C)c1C(=O)C(=O)N1C(=O)OC[C@H]1Cc1ccccc1. The van der Waals surface area contributed by atoms with E-state index in [0.717, 1.165) is 10.5 Å². The zero-order valence-electron chi connectivity index (χ0n) is 14.6. The fourth-order valence-corrected chi connectivity index (χ4v) is 3.06. The number of carbonyl (C=O) groups is 3. The van der Waals surface area contributed by atoms with Gasteiger partial charge in [-0.25, -0.2) is 9.69 Å². The highest BCUT2D eigenvalue weighted by Gasteiger charge is 2.41. The zero-order valence-corrected chi connectivity index (χ0v) is 14.6. The molecule has 2 aromatic rings. The van der Waals surface area contributed by atoms with Gasteiger partial charge in [0, 0.05) is 0 Å². The molecule has 0 saturated carbocycles. The maximum atomic E-state index is 12.8. The molecule has 2 aromatic carbocycles. The minimum atomic E-state index is -0.902. The Labute approximate surface area is 151 Å². The molecule has 3 rings (SSSR count). The van der Waals surface area contributed by atoms with Crippen molar-refractivity contribution in [2.45, 2.75) is 19.4 Å². The Balaban J connectivity index is 1.87. The first-order valence-electron chi connectivity index (χ1n) is 8.25. The number of amides is 2. The molecule has 134 valence electrons. The molecule has 1 atom stereocenters. The lowest BCUT2D eigenvalue weighted by atomic mass is 10.0. The van der Waals surface area contributed by atoms with E-state index in [1.807, 2.05) is 30.3 Å². The summed E-state index contributed by atoms with van der Waals surface area (Å²) in [6.07, 6.45) is -0.368. The van der Waals surface area contributed by atoms with Crippen LogP contribution in [-0.4, -0.2) is 42.4 Å². The van der Waals surface area contributed by atoms with Gasteiger partial charge in [-0.15, -0.1) is 0 Å². The summed E-state index contributed by atoms with van der Waals surface area (Å²) in [5.41, 5.74) is 1.72. The van der Waals surface area contributed by atoms with E-state index in [4.69, 9.17) is 9.47 Å². The van der Waals surface area contributed by atoms with Crippen LogP contribution in [-0.2, 0) is 16.0 Å². The van der Waals surface area contributed by atoms with Gasteiger partial charge < -0.3 is 9.47 Å². The van der Waals surface area contributed by atoms with Gasteiger partial charge in [0.15, 0.2) is 0 Å². The van der Waals surface area contributed by atoms with Crippen LogP contribution in [0.3, 0.4) is 0 Å². The fraction of sp³-hybridized carbons (Fsp3) is 0.250. The Morgan fingerprint density at radius 3 is 2.58 bits per heavy atom. The summed E-state index contributed by atoms with van der Waals surface area (Å²) >= 11 is 0. The van der Waals surface area contributed by atoms with Crippen LogP contribution in [0, 0.1) is 6.92 Å². The van der Waals surface area contributed by atoms with Gasteiger partial charge in [-0.05, 0) is 30.5 Å². The summed E-state index contributed by atoms with van der Waals surface area (Å²) in [5, 5.41) is 0. The number of benzene rings is 2. The number of imide groups is 1. The number of hydrogen-bond donors (Lipinski definition) is 0. The second-order valence-corrected chi connectivity index (χ2v) is 6.08. The zero-order chi connectivity index (χ0) is 18.7. The number of nitrogens with zero attached hydrogens (tertiary/aromatic N) is 1. The van der Waals surface area contributed by atoms with E-state index < -0.39 is 23.8 Å². The van der Waals surface area contributed by atoms with Crippen molar-refractivity contribution >= 4 is 17.8 Å². The van der Waals surface area contributed by atoms with E-state index >= 15 is 0 Å². The summed E-state index contributed by atoms with van der Waals surface area (Å²) in [6, 6.07) is 14.0. The summed E-state index contributed by atoms with van der Waals surface area (Å²) < 4.78 is 10.2. The Kier molecular flexibility index (Phi) is 5.02. The van der Waals surface area contributed by atoms with E-state index in [0.29, 0.717) is 17.7 Å². The van der Waals surface area contributed by atoms with Crippen molar-refractivity contribution < 1.29 is 23.9 Å². The Hall–Kier alpha value is -3.15. The maximum absolute atomic E-state index is 12.8. The highest BCUT2D eigenvalue weighted by atomic mass is 16.6. The first-order chi connectivity index (χ1) is 12.5. The lowest BCUT2D eigenvalue weighted by Gasteiger charge is -2.20. The largest absolute Gasteiger partial charge is 0.496 e. The van der Waals surface area contributed by atoms with Crippen molar-refractivity contribution in [2.24, 2.45) is 0 Å². The molecule has 6 nitrogen and oxygen atoms in total. The molecular formula is C20H19NO5. The molecule has 0 aliphatic carbocycles. The Morgan fingerprint density at radius 1 is 1.15 bits per heavy atom. The van der Waals surface area contributed by atoms with E-state index in [1.54, 1.807) is 25.1 Å². The molecule has 1 saturated heterocycles. The molecule has 0 aromatic heterocycles. The van der Waals surface area contributed by atoms with Crippen LogP contribution in [0.25, 0.3) is 0 Å². The number of ether oxygens (including phenoxy) is 2. The number of methoxy groups -OCH3 is 1. The molecule has 0 bridgehead atoms. The summed E-state index contributed by atoms with van der Waals surface area (Å²) in [6.45, 7) is 1.78. The van der Waals surface area contributed by atoms with Gasteiger partial charge >= 0.3 is 12.0 Å². The van der Waals surface area contributed by atoms with Gasteiger partial charge in [0.1, 0.15) is 12.4 Å². The lowest BCUT2D eigenvalue weighted by molar-refractivity contribution is -0.124. The number of aryl methyl sites for hydroxylation is 1. The quantitative estimate of drug-likeness (QED) is 0.610. The predicted molar refractivity (Wildman–Crippen MR) is 94.2 cm³/mol. The van der Waals surface area contributed by atoms with E-state index in [-0.39, 0.29) is 12.2 Å². The minimum absolute atomic E-state index is 0.0671. The average molecular weight is 353 g/mol. The molecule has 0 radical (unpaired) electrons. The highest BCUT2D eigenvalue weighted by molar-refractivity contribution is 6.45. The highest BCUT2D eigenvalue weighted by Crippen LogP contribution is 2.25. The molecule has 1 fully saturated rings. The van der Waals surface area contributed by atoms with E-state index in [9.17, 15) is 14.4 Å². The van der Waals surface area contributed by atoms with Gasteiger partial charge in [0.2, 0.25) is 0 Å². The average Bonchev–Trinajstić information content (AvgIpc) is 3.01. The van der Waals surface area contributed by atoms with Crippen LogP contribution < -0.4 is 4.74 Å². The van der Waals surface area contributed by atoms with Crippen LogP contribution in [0.2, 0.25) is 0 Å². The van der Waals surface area contributed by atoms with Crippen LogP contribution in [0.4, 0.5) is 4.79 Å². The van der Waals surface area contributed by atoms with Crippen molar-refractivity contribution in [3.63, 3.8) is 0 Å². The monoisotopic (exact) mass is 353 g/mol. The maximum Gasteiger partial charge on any atom is 0.417 e. The van der Waals surface area contributed by atoms with Gasteiger partial charge in [-0.3, -0.25) is 9.59 Å². The van der Waals surface area contributed by atoms with Crippen LogP contribution in [0.15, 0.2) is 48.5 Å². The Morgan fingerprint density at radius 2 is 1.88 bits per heavy atom. The Bertz CT molecular complexity index is 847. The standard InChI is InChI=1S/C20H19NO5/c1-13-7-6-10-16(25-2)17(13)18(22)19(23)21-15(12-26-20(21)24)11-14-8-4-3-5-9-14/h3-10,15H,11-12H2,1-2H3/t15-/m1/s1. The predicted octanol–water partition coefficient (Wildman–Crippen LogP) is 2.78. The van der Waals surface area contributed by atoms with Gasteiger partial charge in [-0.1, -0.05) is 42.5 Å². The molecule has 0 spiro atoms. The molecule has 6 heteroatoms. The first kappa shape index (κ1) is 17.7. The lowest BCUT2D eigenvalue weighted by Crippen LogP contribution is -2.44. The molecule has 0 N–H and O–H groups in total. The van der Waals surface area contributed by atoms with Crippen LogP contribution >= 0.6 is 0 Å². The van der Waals surface area contributed by atoms with Crippen molar-refractivity contribution in [1.29, 1.82) is 0 Å². The van der Waals surface area contributed by atoms with Crippen molar-refractivity contribution in [2.75, 3.05) is 13.7 Å². The number of cyclic esters (lactones) is 1. The smallest absolute Gasteiger partial charge is 0.417 e. The molecular weight excluding hydrogens is 334 g/mol. The summed E-state index contributed by atoms with van der Waals surface area (Å²) in [4.78, 5) is 38.6. The molecule has 2 amide bonds. The fourth-order valence-electron chi connectivity index (χ4n) is 3.06. The number of carbonyl (C=O) groups excluding carboxylic acids is 3. The van der Waals surface area contributed by atoms with Gasteiger partial charge in [-0.2, -0.15) is 0 Å². The number of rotatable bonds is 5. The summed E-state index contributed by atoms with van der Waals surface area (Å²) in [7, 11) is 1.43. The first-order valence-corrected chi connectivity index (χ1v) is 8.25. The molecule has 1 aliphatic rings. The van der Waals surface area contributed by atoms with E-state index in [2.05, 4.69) is 0 Å². The van der Waals surface area contributed by atoms with Gasteiger partial charge in [0.25, 0.3) is 5.78 Å². The number of ketones is 1. The third-order valence-electron chi connectivity index (χ3n) is 4.37. The van der Waals surface area contributed by atoms with Crippen LogP contribution in [0.5, 0.6) is 5.75 Å². The molecule has 1 heterocycles. The second kappa shape index (κ2) is 7.39. The van der Waals surface area contributed by atoms with Crippen molar-refractivity contribution in [3.8, 4) is 5.75 Å². The molecule has 1 aliphatic heterocycles. The topological polar surface area (TPSA) is 72.9 Å². The van der Waals surface area contributed by atoms with Crippen molar-refractivity contribution in [3.05, 3.63) is 65.2 Å². The van der Waals surface area contributed by atoms with Gasteiger partial charge in [0.05, 0.1) is 18.7 Å². The molecule has 26 heavy (non-hydrogen) atoms. The minimum Gasteiger partial charge on any atom is -0.496 e. The summed E-state index contributed by atoms with van der Waals surface area (Å²) in [5.74, 6) is -1.38. The van der Waals surface area contributed by atoms with E-state index in [1.165, 1.54) is 7.11 Å². The normalized spacial score (nSPS) is 16.3. The third-order valence-corrected chi connectivity index (χ3v) is 4.37. The molecule has 0 unspecified atom stereocenters.